The van der Waals surface area contributed by atoms with Crippen LogP contribution in [0.25, 0.3) is 11.1 Å². The quantitative estimate of drug-likeness (QED) is 0.513. The maximum Gasteiger partial charge on any atom is 0.160 e. The maximum atomic E-state index is 13.6. The minimum absolute atomic E-state index is 0.473. The molecule has 6 heteroatoms. The molecule has 144 valence electrons. The van der Waals surface area contributed by atoms with Gasteiger partial charge in [-0.2, -0.15) is 0 Å². The smallest absolute Gasteiger partial charge is 0.160 e. The molecule has 0 atom stereocenters. The molecule has 0 bridgehead atoms. The fourth-order valence-corrected chi connectivity index (χ4v) is 2.70. The minimum Gasteiger partial charge on any atom is -0.333 e. The van der Waals surface area contributed by atoms with E-state index in [-0.39, 0.29) is 0 Å². The third kappa shape index (κ3) is 4.72. The standard InChI is InChI=1S/C21H17F2N3.CH5N/c1-13-10-20(26-21(24-3)16-5-4-8-25-12-16)14(2)9-17(13)15-6-7-18(22)19(23)11-15;1-2/h4-12H,3H2,1-2H3;2H2,1H3. The predicted molar refractivity (Wildman–Crippen MR) is 111 cm³/mol. The van der Waals surface area contributed by atoms with Crippen molar-refractivity contribution < 1.29 is 8.78 Å². The lowest BCUT2D eigenvalue weighted by Crippen LogP contribution is -1.97. The highest BCUT2D eigenvalue weighted by Gasteiger charge is 2.10. The largest absolute Gasteiger partial charge is 0.333 e. The van der Waals surface area contributed by atoms with Crippen molar-refractivity contribution >= 4 is 18.2 Å². The molecule has 28 heavy (non-hydrogen) atoms. The summed E-state index contributed by atoms with van der Waals surface area (Å²) in [6, 6.07) is 11.4. The molecule has 3 aromatic rings. The zero-order chi connectivity index (χ0) is 20.7. The van der Waals surface area contributed by atoms with E-state index >= 15 is 0 Å². The van der Waals surface area contributed by atoms with Gasteiger partial charge in [-0.05, 0) is 86.3 Å². The highest BCUT2D eigenvalue weighted by atomic mass is 19.2. The third-order valence-corrected chi connectivity index (χ3v) is 4.07. The Labute approximate surface area is 163 Å². The maximum absolute atomic E-state index is 13.6. The summed E-state index contributed by atoms with van der Waals surface area (Å²) in [5.41, 5.74) is 9.24. The molecule has 0 amide bonds. The molecule has 0 saturated heterocycles. The number of nitrogens with zero attached hydrogens (tertiary/aromatic N) is 3. The van der Waals surface area contributed by atoms with Crippen molar-refractivity contribution in [3.8, 4) is 11.1 Å². The van der Waals surface area contributed by atoms with Crippen LogP contribution in [0.15, 0.2) is 64.8 Å². The molecule has 0 fully saturated rings. The van der Waals surface area contributed by atoms with Crippen LogP contribution in [0.5, 0.6) is 0 Å². The van der Waals surface area contributed by atoms with Crippen molar-refractivity contribution in [1.29, 1.82) is 0 Å². The van der Waals surface area contributed by atoms with Crippen LogP contribution in [0, 0.1) is 25.5 Å². The predicted octanol–water partition coefficient (Wildman–Crippen LogP) is 5.00. The average Bonchev–Trinajstić information content (AvgIpc) is 2.72. The van der Waals surface area contributed by atoms with Gasteiger partial charge < -0.3 is 5.73 Å². The fraction of sp³-hybridized carbons (Fsp3) is 0.136. The highest BCUT2D eigenvalue weighted by Crippen LogP contribution is 2.31. The lowest BCUT2D eigenvalue weighted by molar-refractivity contribution is 0.509. The van der Waals surface area contributed by atoms with E-state index in [1.807, 2.05) is 32.0 Å². The molecule has 0 spiro atoms. The monoisotopic (exact) mass is 380 g/mol. The van der Waals surface area contributed by atoms with Crippen LogP contribution in [0.4, 0.5) is 14.5 Å². The lowest BCUT2D eigenvalue weighted by Gasteiger charge is -2.11. The molecule has 2 N–H and O–H groups in total. The van der Waals surface area contributed by atoms with Crippen molar-refractivity contribution in [1.82, 2.24) is 4.98 Å². The summed E-state index contributed by atoms with van der Waals surface area (Å²) in [5.74, 6) is -1.25. The van der Waals surface area contributed by atoms with Gasteiger partial charge in [0.05, 0.1) is 5.69 Å². The second kappa shape index (κ2) is 9.62. The van der Waals surface area contributed by atoms with E-state index in [0.717, 1.165) is 34.0 Å². The first-order valence-electron chi connectivity index (χ1n) is 8.60. The van der Waals surface area contributed by atoms with Crippen LogP contribution < -0.4 is 5.73 Å². The number of pyridine rings is 1. The van der Waals surface area contributed by atoms with E-state index < -0.39 is 11.6 Å². The van der Waals surface area contributed by atoms with Gasteiger partial charge in [-0.3, -0.25) is 4.98 Å². The Bertz CT molecular complexity index is 999. The fourth-order valence-electron chi connectivity index (χ4n) is 2.70. The third-order valence-electron chi connectivity index (χ3n) is 4.07. The summed E-state index contributed by atoms with van der Waals surface area (Å²) in [7, 11) is 1.50. The van der Waals surface area contributed by atoms with Gasteiger partial charge in [0.2, 0.25) is 0 Å². The molecule has 2 aromatic carbocycles. The van der Waals surface area contributed by atoms with Gasteiger partial charge in [-0.1, -0.05) is 6.07 Å². The average molecular weight is 380 g/mol. The van der Waals surface area contributed by atoms with Gasteiger partial charge in [0, 0.05) is 18.0 Å². The van der Waals surface area contributed by atoms with Gasteiger partial charge in [0.1, 0.15) is 0 Å². The number of nitrogens with two attached hydrogens (primary N) is 1. The summed E-state index contributed by atoms with van der Waals surface area (Å²) >= 11 is 0. The Morgan fingerprint density at radius 3 is 2.36 bits per heavy atom. The molecule has 0 unspecified atom stereocenters. The summed E-state index contributed by atoms with van der Waals surface area (Å²) in [6.07, 6.45) is 3.35. The Hall–Kier alpha value is -3.25. The number of rotatable bonds is 3. The molecule has 0 saturated carbocycles. The van der Waals surface area contributed by atoms with E-state index in [1.165, 1.54) is 13.1 Å². The summed E-state index contributed by atoms with van der Waals surface area (Å²) in [5, 5.41) is 0. The van der Waals surface area contributed by atoms with Gasteiger partial charge in [-0.15, -0.1) is 0 Å². The zero-order valence-corrected chi connectivity index (χ0v) is 16.1. The number of aromatic nitrogens is 1. The summed E-state index contributed by atoms with van der Waals surface area (Å²) in [4.78, 5) is 12.7. The van der Waals surface area contributed by atoms with E-state index in [4.69, 9.17) is 0 Å². The van der Waals surface area contributed by atoms with E-state index in [1.54, 1.807) is 24.5 Å². The molecule has 0 aliphatic carbocycles. The number of aryl methyl sites for hydroxylation is 2. The molecule has 4 nitrogen and oxygen atoms in total. The van der Waals surface area contributed by atoms with Crippen molar-refractivity contribution in [3.63, 3.8) is 0 Å². The highest BCUT2D eigenvalue weighted by molar-refractivity contribution is 6.02. The molecule has 1 heterocycles. The van der Waals surface area contributed by atoms with Crippen molar-refractivity contribution in [2.24, 2.45) is 15.7 Å². The van der Waals surface area contributed by atoms with E-state index in [9.17, 15) is 8.78 Å². The van der Waals surface area contributed by atoms with Crippen LogP contribution in [-0.2, 0) is 0 Å². The molecule has 3 rings (SSSR count). The first-order valence-corrected chi connectivity index (χ1v) is 8.60. The minimum atomic E-state index is -0.864. The summed E-state index contributed by atoms with van der Waals surface area (Å²) in [6.45, 7) is 7.39. The second-order valence-corrected chi connectivity index (χ2v) is 5.92. The van der Waals surface area contributed by atoms with Gasteiger partial charge >= 0.3 is 0 Å². The Balaban J connectivity index is 0.00000136. The zero-order valence-electron chi connectivity index (χ0n) is 16.1. The van der Waals surface area contributed by atoms with Crippen LogP contribution in [-0.4, -0.2) is 24.6 Å². The molecule has 0 aliphatic rings. The number of hydrogen-bond donors (Lipinski definition) is 1. The number of hydrogen-bond acceptors (Lipinski definition) is 3. The number of halogens is 2. The van der Waals surface area contributed by atoms with E-state index in [2.05, 4.69) is 27.4 Å². The van der Waals surface area contributed by atoms with Crippen LogP contribution in [0.1, 0.15) is 16.7 Å². The normalized spacial score (nSPS) is 10.9. The SMILES string of the molecule is C=NC(=Nc1cc(C)c(-c2ccc(F)c(F)c2)cc1C)c1cccnc1.CN. The van der Waals surface area contributed by atoms with Crippen molar-refractivity contribution in [2.75, 3.05) is 7.05 Å². The lowest BCUT2D eigenvalue weighted by atomic mass is 9.97. The molecular weight excluding hydrogens is 358 g/mol. The number of amidine groups is 1. The Morgan fingerprint density at radius 2 is 1.75 bits per heavy atom. The second-order valence-electron chi connectivity index (χ2n) is 5.92. The van der Waals surface area contributed by atoms with Crippen LogP contribution in [0.3, 0.4) is 0 Å². The van der Waals surface area contributed by atoms with Crippen molar-refractivity contribution in [2.45, 2.75) is 13.8 Å². The topological polar surface area (TPSA) is 63.6 Å². The number of aliphatic imine (C=N–C) groups is 2. The van der Waals surface area contributed by atoms with Gasteiger partial charge in [0.25, 0.3) is 0 Å². The summed E-state index contributed by atoms with van der Waals surface area (Å²) < 4.78 is 26.7. The first kappa shape index (κ1) is 21.1. The van der Waals surface area contributed by atoms with Crippen molar-refractivity contribution in [3.05, 3.63) is 83.2 Å². The molecule has 1 aromatic heterocycles. The van der Waals surface area contributed by atoms with Crippen LogP contribution in [0.2, 0.25) is 0 Å². The Morgan fingerprint density at radius 1 is 1.00 bits per heavy atom. The van der Waals surface area contributed by atoms with Gasteiger partial charge in [-0.25, -0.2) is 18.8 Å². The Kier molecular flexibility index (Phi) is 7.23. The van der Waals surface area contributed by atoms with Crippen LogP contribution >= 0.6 is 0 Å². The number of benzene rings is 2. The molecular formula is C22H22F2N4. The first-order chi connectivity index (χ1) is 13.5. The molecule has 0 radical (unpaired) electrons. The molecule has 0 aliphatic heterocycles. The van der Waals surface area contributed by atoms with E-state index in [0.29, 0.717) is 11.4 Å². The van der Waals surface area contributed by atoms with Gasteiger partial charge in [0.15, 0.2) is 17.5 Å².